The lowest BCUT2D eigenvalue weighted by molar-refractivity contribution is -0.384. The van der Waals surface area contributed by atoms with Gasteiger partial charge in [0, 0.05) is 36.1 Å². The number of carbonyl (C=O) groups excluding carboxylic acids is 1. The SMILES string of the molecule is O=C(NCCc1ccccc1F)C1CCN(c2ccc(Br)cc2[N+](=O)[O-])CC1. The van der Waals surface area contributed by atoms with Crippen LogP contribution in [0.5, 0.6) is 0 Å². The van der Waals surface area contributed by atoms with E-state index in [0.29, 0.717) is 54.6 Å². The molecular weight excluding hydrogens is 429 g/mol. The summed E-state index contributed by atoms with van der Waals surface area (Å²) in [6.07, 6.45) is 1.69. The van der Waals surface area contributed by atoms with Crippen LogP contribution in [0, 0.1) is 21.8 Å². The molecule has 0 radical (unpaired) electrons. The average Bonchev–Trinajstić information content (AvgIpc) is 2.69. The summed E-state index contributed by atoms with van der Waals surface area (Å²) < 4.78 is 14.3. The number of benzene rings is 2. The van der Waals surface area contributed by atoms with Crippen LogP contribution in [0.1, 0.15) is 18.4 Å². The Kier molecular flexibility index (Phi) is 6.61. The fourth-order valence-corrected chi connectivity index (χ4v) is 3.81. The van der Waals surface area contributed by atoms with Gasteiger partial charge in [0.25, 0.3) is 5.69 Å². The molecule has 8 heteroatoms. The first-order valence-electron chi connectivity index (χ1n) is 9.15. The summed E-state index contributed by atoms with van der Waals surface area (Å²) in [5, 5.41) is 14.2. The van der Waals surface area contributed by atoms with Crippen molar-refractivity contribution in [1.82, 2.24) is 5.32 Å². The molecule has 0 aromatic heterocycles. The lowest BCUT2D eigenvalue weighted by Gasteiger charge is -2.32. The molecule has 1 aliphatic heterocycles. The number of piperidine rings is 1. The first-order valence-corrected chi connectivity index (χ1v) is 9.95. The molecule has 1 fully saturated rings. The summed E-state index contributed by atoms with van der Waals surface area (Å²) in [5.41, 5.74) is 1.22. The maximum absolute atomic E-state index is 13.6. The molecule has 1 amide bonds. The van der Waals surface area contributed by atoms with Crippen molar-refractivity contribution < 1.29 is 14.1 Å². The lowest BCUT2D eigenvalue weighted by atomic mass is 9.95. The second kappa shape index (κ2) is 9.14. The first kappa shape index (κ1) is 20.3. The summed E-state index contributed by atoms with van der Waals surface area (Å²) in [7, 11) is 0. The number of nitrogens with zero attached hydrogens (tertiary/aromatic N) is 2. The lowest BCUT2D eigenvalue weighted by Crippen LogP contribution is -2.41. The van der Waals surface area contributed by atoms with E-state index >= 15 is 0 Å². The number of hydrogen-bond donors (Lipinski definition) is 1. The van der Waals surface area contributed by atoms with Crippen molar-refractivity contribution in [2.45, 2.75) is 19.3 Å². The van der Waals surface area contributed by atoms with Gasteiger partial charge in [-0.1, -0.05) is 34.1 Å². The predicted octanol–water partition coefficient (Wildman–Crippen LogP) is 4.07. The van der Waals surface area contributed by atoms with Crippen molar-refractivity contribution in [2.24, 2.45) is 5.92 Å². The molecule has 0 saturated carbocycles. The van der Waals surface area contributed by atoms with Crippen LogP contribution in [0.3, 0.4) is 0 Å². The molecular formula is C20H21BrFN3O3. The summed E-state index contributed by atoms with van der Waals surface area (Å²) in [4.78, 5) is 25.3. The normalized spacial score (nSPS) is 14.7. The van der Waals surface area contributed by atoms with Gasteiger partial charge in [0.05, 0.1) is 4.92 Å². The van der Waals surface area contributed by atoms with E-state index in [1.54, 1.807) is 30.3 Å². The van der Waals surface area contributed by atoms with Gasteiger partial charge in [-0.3, -0.25) is 14.9 Å². The van der Waals surface area contributed by atoms with Gasteiger partial charge in [0.15, 0.2) is 0 Å². The smallest absolute Gasteiger partial charge is 0.293 e. The highest BCUT2D eigenvalue weighted by molar-refractivity contribution is 9.10. The van der Waals surface area contributed by atoms with E-state index in [1.807, 2.05) is 4.90 Å². The van der Waals surface area contributed by atoms with Crippen molar-refractivity contribution in [2.75, 3.05) is 24.5 Å². The molecule has 1 saturated heterocycles. The third-order valence-electron chi connectivity index (χ3n) is 4.99. The van der Waals surface area contributed by atoms with E-state index < -0.39 is 0 Å². The second-order valence-electron chi connectivity index (χ2n) is 6.78. The van der Waals surface area contributed by atoms with Gasteiger partial charge in [0.1, 0.15) is 11.5 Å². The minimum absolute atomic E-state index is 0.0405. The van der Waals surface area contributed by atoms with Crippen molar-refractivity contribution in [3.63, 3.8) is 0 Å². The Hall–Kier alpha value is -2.48. The molecule has 2 aromatic rings. The molecule has 3 rings (SSSR count). The molecule has 28 heavy (non-hydrogen) atoms. The fraction of sp³-hybridized carbons (Fsp3) is 0.350. The third kappa shape index (κ3) is 4.86. The standard InChI is InChI=1S/C20H21BrFN3O3/c21-16-5-6-18(19(13-16)25(27)28)24-11-8-15(9-12-24)20(26)23-10-7-14-3-1-2-4-17(14)22/h1-6,13,15H,7-12H2,(H,23,26). The van der Waals surface area contributed by atoms with Crippen LogP contribution in [0.4, 0.5) is 15.8 Å². The van der Waals surface area contributed by atoms with Crippen LogP contribution in [0.2, 0.25) is 0 Å². The molecule has 2 aromatic carbocycles. The maximum Gasteiger partial charge on any atom is 0.293 e. The number of hydrogen-bond acceptors (Lipinski definition) is 4. The Morgan fingerprint density at radius 3 is 2.64 bits per heavy atom. The van der Waals surface area contributed by atoms with E-state index in [-0.39, 0.29) is 28.3 Å². The van der Waals surface area contributed by atoms with Crippen LogP contribution in [-0.2, 0) is 11.2 Å². The highest BCUT2D eigenvalue weighted by Crippen LogP contribution is 2.33. The van der Waals surface area contributed by atoms with Crippen molar-refractivity contribution in [3.8, 4) is 0 Å². The Bertz CT molecular complexity index is 870. The Morgan fingerprint density at radius 1 is 1.25 bits per heavy atom. The van der Waals surface area contributed by atoms with Crippen LogP contribution in [0.25, 0.3) is 0 Å². The van der Waals surface area contributed by atoms with E-state index in [4.69, 9.17) is 0 Å². The molecule has 0 atom stereocenters. The van der Waals surface area contributed by atoms with Crippen molar-refractivity contribution in [1.29, 1.82) is 0 Å². The van der Waals surface area contributed by atoms with Crippen LogP contribution in [-0.4, -0.2) is 30.5 Å². The molecule has 1 heterocycles. The van der Waals surface area contributed by atoms with Gasteiger partial charge in [-0.25, -0.2) is 4.39 Å². The topological polar surface area (TPSA) is 75.5 Å². The largest absolute Gasteiger partial charge is 0.366 e. The summed E-state index contributed by atoms with van der Waals surface area (Å²) in [6.45, 7) is 1.54. The van der Waals surface area contributed by atoms with Crippen LogP contribution in [0.15, 0.2) is 46.9 Å². The zero-order valence-electron chi connectivity index (χ0n) is 15.2. The molecule has 0 unspecified atom stereocenters. The second-order valence-corrected chi connectivity index (χ2v) is 7.70. The monoisotopic (exact) mass is 449 g/mol. The summed E-state index contributed by atoms with van der Waals surface area (Å²) in [5.74, 6) is -0.436. The number of anilines is 1. The zero-order valence-corrected chi connectivity index (χ0v) is 16.8. The Balaban J connectivity index is 1.52. The van der Waals surface area contributed by atoms with Crippen LogP contribution >= 0.6 is 15.9 Å². The molecule has 1 aliphatic rings. The number of carbonyl (C=O) groups is 1. The Morgan fingerprint density at radius 2 is 1.96 bits per heavy atom. The molecule has 1 N–H and O–H groups in total. The van der Waals surface area contributed by atoms with Crippen molar-refractivity contribution >= 4 is 33.2 Å². The number of halogens is 2. The van der Waals surface area contributed by atoms with E-state index in [0.717, 1.165) is 0 Å². The zero-order chi connectivity index (χ0) is 20.1. The first-order chi connectivity index (χ1) is 13.5. The van der Waals surface area contributed by atoms with Gasteiger partial charge in [-0.05, 0) is 43.0 Å². The van der Waals surface area contributed by atoms with Crippen molar-refractivity contribution in [3.05, 3.63) is 68.4 Å². The number of nitro groups is 1. The summed E-state index contributed by atoms with van der Waals surface area (Å²) >= 11 is 3.26. The molecule has 0 spiro atoms. The summed E-state index contributed by atoms with van der Waals surface area (Å²) in [6, 6.07) is 11.6. The molecule has 6 nitrogen and oxygen atoms in total. The highest BCUT2D eigenvalue weighted by Gasteiger charge is 2.28. The minimum Gasteiger partial charge on any atom is -0.366 e. The number of rotatable bonds is 6. The van der Waals surface area contributed by atoms with E-state index in [2.05, 4.69) is 21.2 Å². The van der Waals surface area contributed by atoms with Gasteiger partial charge in [-0.2, -0.15) is 0 Å². The van der Waals surface area contributed by atoms with E-state index in [1.165, 1.54) is 12.1 Å². The third-order valence-corrected chi connectivity index (χ3v) is 5.49. The van der Waals surface area contributed by atoms with Gasteiger partial charge in [0.2, 0.25) is 5.91 Å². The maximum atomic E-state index is 13.6. The molecule has 0 aliphatic carbocycles. The number of nitrogens with one attached hydrogen (secondary N) is 1. The number of nitro benzene ring substituents is 1. The molecule has 0 bridgehead atoms. The van der Waals surface area contributed by atoms with E-state index in [9.17, 15) is 19.3 Å². The Labute approximate surface area is 171 Å². The van der Waals surface area contributed by atoms with Gasteiger partial charge < -0.3 is 10.2 Å². The number of amides is 1. The van der Waals surface area contributed by atoms with Gasteiger partial charge in [-0.15, -0.1) is 0 Å². The predicted molar refractivity (Wildman–Crippen MR) is 109 cm³/mol. The fourth-order valence-electron chi connectivity index (χ4n) is 3.46. The quantitative estimate of drug-likeness (QED) is 0.532. The molecule has 148 valence electrons. The van der Waals surface area contributed by atoms with Crippen LogP contribution < -0.4 is 10.2 Å². The minimum atomic E-state index is -0.387. The average molecular weight is 450 g/mol. The van der Waals surface area contributed by atoms with Gasteiger partial charge >= 0.3 is 0 Å². The highest BCUT2D eigenvalue weighted by atomic mass is 79.9.